The second-order valence-electron chi connectivity index (χ2n) is 3.44. The number of anilines is 1. The van der Waals surface area contributed by atoms with Crippen LogP contribution in [0.25, 0.3) is 5.69 Å². The highest BCUT2D eigenvalue weighted by Crippen LogP contribution is 2.28. The zero-order valence-electron chi connectivity index (χ0n) is 8.82. The van der Waals surface area contributed by atoms with Crippen LogP contribution in [-0.4, -0.2) is 14.5 Å². The first-order chi connectivity index (χ1) is 7.91. The summed E-state index contributed by atoms with van der Waals surface area (Å²) in [6.07, 6.45) is 0. The standard InChI is InChI=1S/C9H9Cl2N5O/c1-4-14-16(9(17)15(4)13)8-3-7(12)5(10)2-6(8)11/h2-3H,12-13H2,1H3. The topological polar surface area (TPSA) is 91.9 Å². The molecule has 4 N–H and O–H groups in total. The number of nitrogens with two attached hydrogens (primary N) is 2. The van der Waals surface area contributed by atoms with Gasteiger partial charge in [0.05, 0.1) is 21.4 Å². The molecular weight excluding hydrogens is 265 g/mol. The number of aromatic nitrogens is 3. The zero-order valence-corrected chi connectivity index (χ0v) is 10.3. The second kappa shape index (κ2) is 3.97. The molecule has 0 unspecified atom stereocenters. The van der Waals surface area contributed by atoms with Crippen LogP contribution in [0, 0.1) is 6.92 Å². The monoisotopic (exact) mass is 273 g/mol. The highest BCUT2D eigenvalue weighted by molar-refractivity contribution is 6.37. The van der Waals surface area contributed by atoms with Gasteiger partial charge in [0.25, 0.3) is 0 Å². The average molecular weight is 274 g/mol. The van der Waals surface area contributed by atoms with Gasteiger partial charge in [-0.25, -0.2) is 4.79 Å². The summed E-state index contributed by atoms with van der Waals surface area (Å²) in [6, 6.07) is 2.92. The molecule has 0 bridgehead atoms. The van der Waals surface area contributed by atoms with Crippen LogP contribution in [-0.2, 0) is 0 Å². The Hall–Kier alpha value is -1.66. The lowest BCUT2D eigenvalue weighted by molar-refractivity contribution is 0.821. The molecule has 2 aromatic rings. The predicted molar refractivity (Wildman–Crippen MR) is 67.1 cm³/mol. The lowest BCUT2D eigenvalue weighted by Gasteiger charge is -2.05. The Bertz CT molecular complexity index is 646. The smallest absolute Gasteiger partial charge is 0.369 e. The Morgan fingerprint density at radius 3 is 2.47 bits per heavy atom. The van der Waals surface area contributed by atoms with Crippen molar-refractivity contribution in [2.24, 2.45) is 0 Å². The van der Waals surface area contributed by atoms with E-state index >= 15 is 0 Å². The number of halogens is 2. The fourth-order valence-corrected chi connectivity index (χ4v) is 1.81. The van der Waals surface area contributed by atoms with E-state index in [2.05, 4.69) is 5.10 Å². The van der Waals surface area contributed by atoms with Crippen molar-refractivity contribution in [3.8, 4) is 5.69 Å². The Morgan fingerprint density at radius 2 is 1.94 bits per heavy atom. The number of aryl methyl sites for hydroxylation is 1. The van der Waals surface area contributed by atoms with Crippen molar-refractivity contribution in [3.05, 3.63) is 38.5 Å². The minimum Gasteiger partial charge on any atom is -0.397 e. The molecule has 0 atom stereocenters. The molecule has 2 rings (SSSR count). The molecule has 17 heavy (non-hydrogen) atoms. The fraction of sp³-hybridized carbons (Fsp3) is 0.111. The van der Waals surface area contributed by atoms with Crippen molar-refractivity contribution in [2.45, 2.75) is 6.92 Å². The average Bonchev–Trinajstić information content (AvgIpc) is 2.51. The van der Waals surface area contributed by atoms with Crippen LogP contribution in [0.4, 0.5) is 5.69 Å². The van der Waals surface area contributed by atoms with E-state index in [0.717, 1.165) is 9.36 Å². The first kappa shape index (κ1) is 11.8. The Kier molecular flexibility index (Phi) is 2.76. The summed E-state index contributed by atoms with van der Waals surface area (Å²) in [7, 11) is 0. The third-order valence-corrected chi connectivity index (χ3v) is 2.91. The molecule has 6 nitrogen and oxygen atoms in total. The number of nitrogen functional groups attached to an aromatic ring is 2. The first-order valence-corrected chi connectivity index (χ1v) is 5.36. The fourth-order valence-electron chi connectivity index (χ4n) is 1.35. The Morgan fingerprint density at radius 1 is 1.29 bits per heavy atom. The van der Waals surface area contributed by atoms with Gasteiger partial charge in [-0.15, -0.1) is 5.10 Å². The van der Waals surface area contributed by atoms with Gasteiger partial charge in [0.15, 0.2) is 5.82 Å². The van der Waals surface area contributed by atoms with Gasteiger partial charge in [0.2, 0.25) is 0 Å². The van der Waals surface area contributed by atoms with Gasteiger partial charge < -0.3 is 11.6 Å². The van der Waals surface area contributed by atoms with E-state index in [1.807, 2.05) is 0 Å². The van der Waals surface area contributed by atoms with Crippen LogP contribution in [0.1, 0.15) is 5.82 Å². The van der Waals surface area contributed by atoms with Gasteiger partial charge in [0, 0.05) is 0 Å². The highest BCUT2D eigenvalue weighted by Gasteiger charge is 2.13. The maximum absolute atomic E-state index is 11.7. The molecular formula is C9H9Cl2N5O. The van der Waals surface area contributed by atoms with Crippen LogP contribution in [0.3, 0.4) is 0 Å². The van der Waals surface area contributed by atoms with Crippen molar-refractivity contribution in [1.82, 2.24) is 14.5 Å². The molecule has 0 aliphatic carbocycles. The van der Waals surface area contributed by atoms with Gasteiger partial charge >= 0.3 is 5.69 Å². The van der Waals surface area contributed by atoms with E-state index in [9.17, 15) is 4.79 Å². The van der Waals surface area contributed by atoms with Crippen LogP contribution < -0.4 is 17.3 Å². The molecule has 0 amide bonds. The number of benzene rings is 1. The third-order valence-electron chi connectivity index (χ3n) is 2.27. The SMILES string of the molecule is Cc1nn(-c2cc(N)c(Cl)cc2Cl)c(=O)n1N. The number of hydrogen-bond acceptors (Lipinski definition) is 4. The number of hydrogen-bond donors (Lipinski definition) is 2. The van der Waals surface area contributed by atoms with Gasteiger partial charge in [-0.05, 0) is 19.1 Å². The molecule has 0 aliphatic heterocycles. The van der Waals surface area contributed by atoms with Gasteiger partial charge in [-0.2, -0.15) is 9.36 Å². The zero-order chi connectivity index (χ0) is 12.7. The van der Waals surface area contributed by atoms with Crippen LogP contribution in [0.5, 0.6) is 0 Å². The summed E-state index contributed by atoms with van der Waals surface area (Å²) in [5.74, 6) is 5.84. The molecule has 0 saturated heterocycles. The third kappa shape index (κ3) is 1.85. The molecule has 0 aliphatic rings. The van der Waals surface area contributed by atoms with Crippen LogP contribution in [0.2, 0.25) is 10.0 Å². The summed E-state index contributed by atoms with van der Waals surface area (Å²) in [5, 5.41) is 4.55. The first-order valence-electron chi connectivity index (χ1n) is 4.60. The summed E-state index contributed by atoms with van der Waals surface area (Å²) < 4.78 is 1.99. The predicted octanol–water partition coefficient (Wildman–Crippen LogP) is 0.945. The normalized spacial score (nSPS) is 10.8. The van der Waals surface area contributed by atoms with E-state index in [1.54, 1.807) is 6.92 Å². The second-order valence-corrected chi connectivity index (χ2v) is 4.25. The summed E-state index contributed by atoms with van der Waals surface area (Å²) in [4.78, 5) is 11.7. The van der Waals surface area contributed by atoms with Crippen LogP contribution in [0.15, 0.2) is 16.9 Å². The molecule has 1 aromatic carbocycles. The minimum atomic E-state index is -0.508. The summed E-state index contributed by atoms with van der Waals surface area (Å²) in [6.45, 7) is 1.60. The van der Waals surface area contributed by atoms with E-state index in [0.29, 0.717) is 22.2 Å². The van der Waals surface area contributed by atoms with Crippen molar-refractivity contribution >= 4 is 28.9 Å². The molecule has 90 valence electrons. The van der Waals surface area contributed by atoms with E-state index < -0.39 is 5.69 Å². The van der Waals surface area contributed by atoms with Crippen molar-refractivity contribution < 1.29 is 0 Å². The minimum absolute atomic E-state index is 0.268. The lowest BCUT2D eigenvalue weighted by atomic mass is 10.3. The molecule has 8 heteroatoms. The van der Waals surface area contributed by atoms with Crippen molar-refractivity contribution in [3.63, 3.8) is 0 Å². The maximum atomic E-state index is 11.7. The lowest BCUT2D eigenvalue weighted by Crippen LogP contribution is -2.29. The Balaban J connectivity index is 2.73. The largest absolute Gasteiger partial charge is 0.397 e. The van der Waals surface area contributed by atoms with E-state index in [1.165, 1.54) is 12.1 Å². The quantitative estimate of drug-likeness (QED) is 0.598. The highest BCUT2D eigenvalue weighted by atomic mass is 35.5. The van der Waals surface area contributed by atoms with Crippen molar-refractivity contribution in [1.29, 1.82) is 0 Å². The van der Waals surface area contributed by atoms with E-state index in [-0.39, 0.29) is 5.02 Å². The van der Waals surface area contributed by atoms with E-state index in [4.69, 9.17) is 34.8 Å². The van der Waals surface area contributed by atoms with Gasteiger partial charge in [0.1, 0.15) is 0 Å². The molecule has 0 spiro atoms. The van der Waals surface area contributed by atoms with Gasteiger partial charge in [-0.1, -0.05) is 23.2 Å². The number of nitrogens with zero attached hydrogens (tertiary/aromatic N) is 3. The summed E-state index contributed by atoms with van der Waals surface area (Å²) in [5.41, 5.74) is 5.79. The Labute approximate surface area is 106 Å². The van der Waals surface area contributed by atoms with Crippen molar-refractivity contribution in [2.75, 3.05) is 11.6 Å². The molecule has 0 fully saturated rings. The van der Waals surface area contributed by atoms with Crippen LogP contribution >= 0.6 is 23.2 Å². The maximum Gasteiger partial charge on any atom is 0.369 e. The summed E-state index contributed by atoms with van der Waals surface area (Å²) >= 11 is 11.8. The molecule has 0 radical (unpaired) electrons. The van der Waals surface area contributed by atoms with Gasteiger partial charge in [-0.3, -0.25) is 0 Å². The molecule has 0 saturated carbocycles. The molecule has 1 heterocycles. The number of rotatable bonds is 1. The molecule has 1 aromatic heterocycles.